The van der Waals surface area contributed by atoms with Gasteiger partial charge in [0.2, 0.25) is 0 Å². The Labute approximate surface area is 114 Å². The molecular weight excluding hydrogens is 232 g/mol. The quantitative estimate of drug-likeness (QED) is 0.515. The number of rotatable bonds is 2. The van der Waals surface area contributed by atoms with Gasteiger partial charge in [0, 0.05) is 43.5 Å². The number of aromatic amines is 2. The van der Waals surface area contributed by atoms with Crippen molar-refractivity contribution in [1.29, 1.82) is 0 Å². The van der Waals surface area contributed by atoms with Crippen LogP contribution in [0.2, 0.25) is 0 Å². The van der Waals surface area contributed by atoms with Gasteiger partial charge in [0.25, 0.3) is 0 Å². The molecule has 0 radical (unpaired) electrons. The minimum absolute atomic E-state index is 0. The lowest BCUT2D eigenvalue weighted by atomic mass is 10.0. The predicted octanol–water partition coefficient (Wildman–Crippen LogP) is 4.73. The molecule has 96 valence electrons. The number of fused-ring (bicyclic) bond motifs is 2. The van der Waals surface area contributed by atoms with Crippen molar-refractivity contribution in [2.75, 3.05) is 0 Å². The largest absolute Gasteiger partial charge is 0.361 e. The third kappa shape index (κ3) is 1.65. The van der Waals surface area contributed by atoms with Crippen LogP contribution in [-0.4, -0.2) is 9.97 Å². The van der Waals surface area contributed by atoms with Gasteiger partial charge < -0.3 is 9.97 Å². The van der Waals surface area contributed by atoms with E-state index in [1.807, 2.05) is 0 Å². The molecule has 19 heavy (non-hydrogen) atoms. The summed E-state index contributed by atoms with van der Waals surface area (Å²) in [5.41, 5.74) is 5.11. The SMILES string of the molecule is [HH].[HH].c1ccc2c(Cc3c[nH]c4ccccc34)c[nH]c2c1. The van der Waals surface area contributed by atoms with E-state index in [2.05, 4.69) is 70.9 Å². The molecule has 2 aromatic heterocycles. The Morgan fingerprint density at radius 3 is 1.68 bits per heavy atom. The fraction of sp³-hybridized carbons (Fsp3) is 0.0588. The van der Waals surface area contributed by atoms with Crippen LogP contribution in [0, 0.1) is 0 Å². The number of benzene rings is 2. The molecule has 0 unspecified atom stereocenters. The summed E-state index contributed by atoms with van der Waals surface area (Å²) in [7, 11) is 0. The fourth-order valence-corrected chi connectivity index (χ4v) is 2.76. The van der Waals surface area contributed by atoms with Gasteiger partial charge in [0.05, 0.1) is 0 Å². The molecule has 0 aliphatic heterocycles. The molecule has 0 bridgehead atoms. The van der Waals surface area contributed by atoms with Crippen LogP contribution in [0.5, 0.6) is 0 Å². The van der Waals surface area contributed by atoms with Crippen molar-refractivity contribution in [2.45, 2.75) is 6.42 Å². The second kappa shape index (κ2) is 4.02. The molecule has 2 heteroatoms. The predicted molar refractivity (Wildman–Crippen MR) is 83.6 cm³/mol. The molecule has 0 saturated carbocycles. The summed E-state index contributed by atoms with van der Waals surface area (Å²) in [6.45, 7) is 0. The summed E-state index contributed by atoms with van der Waals surface area (Å²) >= 11 is 0. The average Bonchev–Trinajstić information content (AvgIpc) is 3.05. The van der Waals surface area contributed by atoms with E-state index in [0.717, 1.165) is 6.42 Å². The Morgan fingerprint density at radius 1 is 0.684 bits per heavy atom. The lowest BCUT2D eigenvalue weighted by Crippen LogP contribution is -1.84. The van der Waals surface area contributed by atoms with Gasteiger partial charge in [-0.2, -0.15) is 0 Å². The molecule has 0 spiro atoms. The summed E-state index contributed by atoms with van der Waals surface area (Å²) in [5.74, 6) is 0. The topological polar surface area (TPSA) is 31.6 Å². The molecule has 2 nitrogen and oxygen atoms in total. The molecule has 2 aromatic carbocycles. The molecule has 4 aromatic rings. The molecule has 2 heterocycles. The van der Waals surface area contributed by atoms with Crippen LogP contribution in [0.3, 0.4) is 0 Å². The molecular formula is C17H18N2. The summed E-state index contributed by atoms with van der Waals surface area (Å²) in [4.78, 5) is 6.68. The Bertz CT molecular complexity index is 789. The van der Waals surface area contributed by atoms with Gasteiger partial charge >= 0.3 is 0 Å². The minimum Gasteiger partial charge on any atom is -0.361 e. The summed E-state index contributed by atoms with van der Waals surface area (Å²) in [6, 6.07) is 16.9. The number of hydrogen-bond donors (Lipinski definition) is 2. The number of para-hydroxylation sites is 2. The van der Waals surface area contributed by atoms with Crippen molar-refractivity contribution < 1.29 is 2.85 Å². The summed E-state index contributed by atoms with van der Waals surface area (Å²) < 4.78 is 0. The number of aromatic nitrogens is 2. The number of nitrogens with one attached hydrogen (secondary N) is 2. The van der Waals surface area contributed by atoms with Crippen LogP contribution in [0.4, 0.5) is 0 Å². The van der Waals surface area contributed by atoms with Gasteiger partial charge in [-0.25, -0.2) is 0 Å². The van der Waals surface area contributed by atoms with Gasteiger partial charge in [0.15, 0.2) is 0 Å². The average molecular weight is 250 g/mol. The minimum atomic E-state index is 0. The van der Waals surface area contributed by atoms with Crippen LogP contribution >= 0.6 is 0 Å². The Hall–Kier alpha value is -2.48. The molecule has 4 rings (SSSR count). The molecule has 2 N–H and O–H groups in total. The molecule has 0 fully saturated rings. The van der Waals surface area contributed by atoms with Crippen LogP contribution in [0.25, 0.3) is 21.8 Å². The van der Waals surface area contributed by atoms with E-state index < -0.39 is 0 Å². The Balaban J connectivity index is 0.000000807. The first-order valence-corrected chi connectivity index (χ1v) is 6.52. The highest BCUT2D eigenvalue weighted by Crippen LogP contribution is 2.24. The maximum atomic E-state index is 3.34. The highest BCUT2D eigenvalue weighted by molar-refractivity contribution is 5.86. The second-order valence-corrected chi connectivity index (χ2v) is 4.90. The van der Waals surface area contributed by atoms with E-state index in [9.17, 15) is 0 Å². The van der Waals surface area contributed by atoms with E-state index in [1.165, 1.54) is 32.9 Å². The van der Waals surface area contributed by atoms with Crippen molar-refractivity contribution in [3.8, 4) is 0 Å². The number of hydrogen-bond acceptors (Lipinski definition) is 0. The van der Waals surface area contributed by atoms with Crippen LogP contribution in [-0.2, 0) is 6.42 Å². The van der Waals surface area contributed by atoms with E-state index in [-0.39, 0.29) is 2.85 Å². The Kier molecular flexibility index (Phi) is 2.21. The highest BCUT2D eigenvalue weighted by Gasteiger charge is 2.07. The molecule has 0 amide bonds. The first kappa shape index (κ1) is 10.4. The maximum Gasteiger partial charge on any atom is 0.0456 e. The third-order valence-corrected chi connectivity index (χ3v) is 3.73. The second-order valence-electron chi connectivity index (χ2n) is 4.90. The van der Waals surface area contributed by atoms with Crippen LogP contribution in [0.1, 0.15) is 14.0 Å². The lowest BCUT2D eigenvalue weighted by molar-refractivity contribution is 1.22. The first-order valence-electron chi connectivity index (χ1n) is 6.52. The lowest BCUT2D eigenvalue weighted by Gasteiger charge is -1.98. The Morgan fingerprint density at radius 2 is 1.16 bits per heavy atom. The van der Waals surface area contributed by atoms with Crippen molar-refractivity contribution in [3.05, 3.63) is 72.1 Å². The number of H-pyrrole nitrogens is 2. The highest BCUT2D eigenvalue weighted by atomic mass is 14.7. The monoisotopic (exact) mass is 250 g/mol. The van der Waals surface area contributed by atoms with E-state index in [4.69, 9.17) is 0 Å². The van der Waals surface area contributed by atoms with Gasteiger partial charge in [0.1, 0.15) is 0 Å². The van der Waals surface area contributed by atoms with E-state index in [1.54, 1.807) is 0 Å². The van der Waals surface area contributed by atoms with E-state index >= 15 is 0 Å². The van der Waals surface area contributed by atoms with Crippen molar-refractivity contribution in [3.63, 3.8) is 0 Å². The maximum absolute atomic E-state index is 3.34. The fourth-order valence-electron chi connectivity index (χ4n) is 2.76. The molecule has 0 aliphatic carbocycles. The van der Waals surface area contributed by atoms with Crippen molar-refractivity contribution >= 4 is 21.8 Å². The van der Waals surface area contributed by atoms with Gasteiger partial charge in [-0.3, -0.25) is 0 Å². The van der Waals surface area contributed by atoms with Gasteiger partial charge in [-0.15, -0.1) is 0 Å². The van der Waals surface area contributed by atoms with Crippen LogP contribution < -0.4 is 0 Å². The summed E-state index contributed by atoms with van der Waals surface area (Å²) in [6.07, 6.45) is 5.19. The van der Waals surface area contributed by atoms with Crippen molar-refractivity contribution in [2.24, 2.45) is 0 Å². The van der Waals surface area contributed by atoms with Crippen molar-refractivity contribution in [1.82, 2.24) is 9.97 Å². The normalized spacial score (nSPS) is 11.4. The third-order valence-electron chi connectivity index (χ3n) is 3.73. The molecule has 0 aliphatic rings. The zero-order chi connectivity index (χ0) is 12.7. The smallest absolute Gasteiger partial charge is 0.0456 e. The van der Waals surface area contributed by atoms with Gasteiger partial charge in [-0.05, 0) is 23.3 Å². The zero-order valence-corrected chi connectivity index (χ0v) is 10.5. The zero-order valence-electron chi connectivity index (χ0n) is 10.5. The first-order chi connectivity index (χ1) is 9.42. The summed E-state index contributed by atoms with van der Waals surface area (Å²) in [5, 5.41) is 2.63. The standard InChI is InChI=1S/C17H14N2.2H2/c1-3-7-16-14(5-1)12(10-18-16)9-13-11-19-17-8-4-2-6-15(13)17;;/h1-8,10-11,18-19H,9H2;2*1H. The van der Waals surface area contributed by atoms with Crippen LogP contribution in [0.15, 0.2) is 60.9 Å². The van der Waals surface area contributed by atoms with E-state index in [0.29, 0.717) is 0 Å². The van der Waals surface area contributed by atoms with Gasteiger partial charge in [-0.1, -0.05) is 36.4 Å². The molecule has 0 saturated heterocycles. The molecule has 0 atom stereocenters.